The first kappa shape index (κ1) is 12.2. The van der Waals surface area contributed by atoms with Gasteiger partial charge in [-0.3, -0.25) is 4.79 Å². The molecule has 92 valence electrons. The monoisotopic (exact) mass is 237 g/mol. The van der Waals surface area contributed by atoms with Crippen molar-refractivity contribution >= 4 is 5.78 Å². The number of hydrogen-bond acceptors (Lipinski definition) is 3. The van der Waals surface area contributed by atoms with Crippen molar-refractivity contribution in [1.82, 2.24) is 0 Å². The van der Waals surface area contributed by atoms with Crippen LogP contribution in [0.5, 0.6) is 0 Å². The molecule has 2 atom stereocenters. The van der Waals surface area contributed by atoms with Gasteiger partial charge in [-0.25, -0.2) is 4.39 Å². The molecule has 0 bridgehead atoms. The van der Waals surface area contributed by atoms with Crippen molar-refractivity contribution in [3.63, 3.8) is 0 Å². The van der Waals surface area contributed by atoms with Crippen LogP contribution in [0.15, 0.2) is 18.2 Å². The maximum absolute atomic E-state index is 12.9. The molecule has 1 aliphatic heterocycles. The Morgan fingerprint density at radius 3 is 2.88 bits per heavy atom. The van der Waals surface area contributed by atoms with Crippen molar-refractivity contribution in [2.24, 2.45) is 5.73 Å². The van der Waals surface area contributed by atoms with Gasteiger partial charge < -0.3 is 10.5 Å². The van der Waals surface area contributed by atoms with E-state index in [4.69, 9.17) is 10.5 Å². The lowest BCUT2D eigenvalue weighted by Crippen LogP contribution is -2.25. The molecule has 1 heterocycles. The predicted molar refractivity (Wildman–Crippen MR) is 62.4 cm³/mol. The van der Waals surface area contributed by atoms with Crippen molar-refractivity contribution in [2.45, 2.75) is 32.0 Å². The number of Topliss-reactive ketones (excluding diaryl/α,β-unsaturated/α-hetero) is 1. The molecule has 1 aromatic rings. The first-order chi connectivity index (χ1) is 8.11. The molecule has 0 spiro atoms. The molecule has 2 unspecified atom stereocenters. The lowest BCUT2D eigenvalue weighted by Gasteiger charge is -2.12. The number of ether oxygens (including phenoxy) is 1. The highest BCUT2D eigenvalue weighted by Gasteiger charge is 2.31. The fraction of sp³-hybridized carbons (Fsp3) is 0.462. The molecule has 0 radical (unpaired) electrons. The summed E-state index contributed by atoms with van der Waals surface area (Å²) in [7, 11) is 0. The van der Waals surface area contributed by atoms with Crippen molar-refractivity contribution in [3.8, 4) is 0 Å². The molecule has 0 amide bonds. The number of carbonyl (C=O) groups is 1. The van der Waals surface area contributed by atoms with Gasteiger partial charge in [-0.1, -0.05) is 0 Å². The van der Waals surface area contributed by atoms with Crippen LogP contribution in [0.4, 0.5) is 4.39 Å². The van der Waals surface area contributed by atoms with E-state index >= 15 is 0 Å². The van der Waals surface area contributed by atoms with Crippen LogP contribution in [-0.4, -0.2) is 24.5 Å². The molecular weight excluding hydrogens is 221 g/mol. The summed E-state index contributed by atoms with van der Waals surface area (Å²) < 4.78 is 18.5. The van der Waals surface area contributed by atoms with Crippen LogP contribution in [-0.2, 0) is 4.74 Å². The normalized spacial score (nSPS) is 23.9. The molecule has 1 aromatic carbocycles. The number of benzene rings is 1. The quantitative estimate of drug-likeness (QED) is 0.816. The Morgan fingerprint density at radius 1 is 1.53 bits per heavy atom. The first-order valence-corrected chi connectivity index (χ1v) is 5.77. The minimum absolute atomic E-state index is 0.0234. The van der Waals surface area contributed by atoms with Gasteiger partial charge in [0.2, 0.25) is 0 Å². The van der Waals surface area contributed by atoms with E-state index in [-0.39, 0.29) is 17.7 Å². The third-order valence-corrected chi connectivity index (χ3v) is 3.12. The van der Waals surface area contributed by atoms with Gasteiger partial charge >= 0.3 is 0 Å². The summed E-state index contributed by atoms with van der Waals surface area (Å²) in [5.74, 6) is -0.398. The lowest BCUT2D eigenvalue weighted by atomic mass is 9.99. The van der Waals surface area contributed by atoms with Crippen LogP contribution in [0.2, 0.25) is 0 Å². The highest BCUT2D eigenvalue weighted by molar-refractivity contribution is 6.00. The molecule has 0 saturated carbocycles. The van der Waals surface area contributed by atoms with E-state index in [9.17, 15) is 9.18 Å². The van der Waals surface area contributed by atoms with Gasteiger partial charge in [-0.2, -0.15) is 0 Å². The third-order valence-electron chi connectivity index (χ3n) is 3.12. The molecule has 0 aromatic heterocycles. The van der Waals surface area contributed by atoms with Gasteiger partial charge in [0.25, 0.3) is 0 Å². The number of carbonyl (C=O) groups excluding carboxylic acids is 1. The zero-order chi connectivity index (χ0) is 12.4. The Balaban J connectivity index is 2.15. The molecule has 2 N–H and O–H groups in total. The highest BCUT2D eigenvalue weighted by atomic mass is 19.1. The van der Waals surface area contributed by atoms with E-state index in [2.05, 4.69) is 0 Å². The van der Waals surface area contributed by atoms with E-state index < -0.39 is 6.10 Å². The van der Waals surface area contributed by atoms with Crippen molar-refractivity contribution in [1.29, 1.82) is 0 Å². The van der Waals surface area contributed by atoms with Gasteiger partial charge in [0.15, 0.2) is 5.78 Å². The lowest BCUT2D eigenvalue weighted by molar-refractivity contribution is 0.0403. The fourth-order valence-corrected chi connectivity index (χ4v) is 2.15. The largest absolute Gasteiger partial charge is 0.366 e. The maximum atomic E-state index is 12.9. The highest BCUT2D eigenvalue weighted by Crippen LogP contribution is 2.23. The Hall–Kier alpha value is -1.26. The molecule has 1 fully saturated rings. The summed E-state index contributed by atoms with van der Waals surface area (Å²) in [5.41, 5.74) is 6.68. The molecule has 1 aliphatic rings. The van der Waals surface area contributed by atoms with E-state index in [1.54, 1.807) is 6.92 Å². The topological polar surface area (TPSA) is 52.3 Å². The minimum atomic E-state index is -0.423. The number of nitrogens with two attached hydrogens (primary N) is 1. The molecule has 0 aliphatic carbocycles. The molecule has 1 saturated heterocycles. The Bertz CT molecular complexity index is 433. The van der Waals surface area contributed by atoms with E-state index in [1.165, 1.54) is 18.2 Å². The average Bonchev–Trinajstić information content (AvgIpc) is 2.76. The van der Waals surface area contributed by atoms with Crippen LogP contribution < -0.4 is 5.73 Å². The second-order valence-electron chi connectivity index (χ2n) is 4.38. The fourth-order valence-electron chi connectivity index (χ4n) is 2.15. The predicted octanol–water partition coefficient (Wildman–Crippen LogP) is 1.82. The van der Waals surface area contributed by atoms with Gasteiger partial charge in [0.1, 0.15) is 11.9 Å². The first-order valence-electron chi connectivity index (χ1n) is 5.77. The standard InChI is InChI=1S/C13H16FNO2/c1-8-6-9(14)2-4-11(8)13(16)12-5-3-10(7-15)17-12/h2,4,6,10,12H,3,5,7,15H2,1H3. The van der Waals surface area contributed by atoms with Crippen LogP contribution in [0.1, 0.15) is 28.8 Å². The molecular formula is C13H16FNO2. The number of aryl methyl sites for hydroxylation is 1. The minimum Gasteiger partial charge on any atom is -0.366 e. The Kier molecular flexibility index (Phi) is 3.54. The van der Waals surface area contributed by atoms with Crippen molar-refractivity contribution in [2.75, 3.05) is 6.54 Å². The van der Waals surface area contributed by atoms with Crippen LogP contribution in [0.3, 0.4) is 0 Å². The summed E-state index contributed by atoms with van der Waals surface area (Å²) in [6, 6.07) is 4.18. The van der Waals surface area contributed by atoms with Crippen LogP contribution in [0.25, 0.3) is 0 Å². The summed E-state index contributed by atoms with van der Waals surface area (Å²) in [5, 5.41) is 0. The average molecular weight is 237 g/mol. The number of rotatable bonds is 3. The van der Waals surface area contributed by atoms with Crippen molar-refractivity contribution in [3.05, 3.63) is 35.1 Å². The molecule has 17 heavy (non-hydrogen) atoms. The zero-order valence-electron chi connectivity index (χ0n) is 9.78. The second kappa shape index (κ2) is 4.94. The van der Waals surface area contributed by atoms with E-state index in [1.807, 2.05) is 0 Å². The van der Waals surface area contributed by atoms with Crippen LogP contribution in [0, 0.1) is 12.7 Å². The Labute approximate surface area is 99.8 Å². The summed E-state index contributed by atoms with van der Waals surface area (Å²) in [6.45, 7) is 2.16. The summed E-state index contributed by atoms with van der Waals surface area (Å²) in [6.07, 6.45) is 1.06. The zero-order valence-corrected chi connectivity index (χ0v) is 9.78. The molecule has 4 heteroatoms. The van der Waals surface area contributed by atoms with Gasteiger partial charge in [0, 0.05) is 12.1 Å². The number of halogens is 1. The Morgan fingerprint density at radius 2 is 2.29 bits per heavy atom. The molecule has 2 rings (SSSR count). The van der Waals surface area contributed by atoms with Gasteiger partial charge in [-0.15, -0.1) is 0 Å². The number of hydrogen-bond donors (Lipinski definition) is 1. The molecule has 3 nitrogen and oxygen atoms in total. The second-order valence-corrected chi connectivity index (χ2v) is 4.38. The van der Waals surface area contributed by atoms with Gasteiger partial charge in [0.05, 0.1) is 6.10 Å². The summed E-state index contributed by atoms with van der Waals surface area (Å²) >= 11 is 0. The van der Waals surface area contributed by atoms with E-state index in [0.717, 1.165) is 6.42 Å². The smallest absolute Gasteiger partial charge is 0.191 e. The summed E-state index contributed by atoms with van der Waals surface area (Å²) in [4.78, 5) is 12.2. The number of ketones is 1. The van der Waals surface area contributed by atoms with Gasteiger partial charge in [-0.05, 0) is 43.5 Å². The third kappa shape index (κ3) is 2.53. The SMILES string of the molecule is Cc1cc(F)ccc1C(=O)C1CCC(CN)O1. The van der Waals surface area contributed by atoms with Crippen LogP contribution >= 0.6 is 0 Å². The van der Waals surface area contributed by atoms with E-state index in [0.29, 0.717) is 24.1 Å². The van der Waals surface area contributed by atoms with Crippen molar-refractivity contribution < 1.29 is 13.9 Å². The maximum Gasteiger partial charge on any atom is 0.191 e.